The van der Waals surface area contributed by atoms with E-state index in [1.54, 1.807) is 38.3 Å². The lowest BCUT2D eigenvalue weighted by molar-refractivity contribution is -0.122. The number of aryl methyl sites for hydroxylation is 1. The van der Waals surface area contributed by atoms with Crippen LogP contribution >= 0.6 is 11.3 Å². The van der Waals surface area contributed by atoms with Gasteiger partial charge in [-0.25, -0.2) is 4.98 Å². The minimum atomic E-state index is -0.519. The normalized spacial score (nSPS) is 15.1. The van der Waals surface area contributed by atoms with Crippen LogP contribution in [0.25, 0.3) is 11.3 Å². The zero-order valence-electron chi connectivity index (χ0n) is 16.1. The average Bonchev–Trinajstić information content (AvgIpc) is 3.08. The van der Waals surface area contributed by atoms with E-state index in [0.717, 1.165) is 16.1 Å². The van der Waals surface area contributed by atoms with Crippen LogP contribution in [-0.2, 0) is 4.79 Å². The van der Waals surface area contributed by atoms with Gasteiger partial charge in [0, 0.05) is 16.0 Å². The number of hydrogen-bond acceptors (Lipinski definition) is 6. The molecule has 1 aromatic heterocycles. The number of nitrogens with one attached hydrogen (secondary N) is 2. The average molecular weight is 409 g/mol. The molecule has 4 rings (SSSR count). The van der Waals surface area contributed by atoms with Crippen LogP contribution in [0.1, 0.15) is 22.2 Å². The van der Waals surface area contributed by atoms with Crippen molar-refractivity contribution in [3.05, 3.63) is 52.9 Å². The molecule has 3 aromatic rings. The molecule has 0 saturated carbocycles. The van der Waals surface area contributed by atoms with Crippen molar-refractivity contribution in [3.63, 3.8) is 0 Å². The van der Waals surface area contributed by atoms with Gasteiger partial charge in [-0.15, -0.1) is 11.3 Å². The number of amides is 2. The number of nitrogens with zero attached hydrogens (tertiary/aromatic N) is 1. The molecular formula is C21H19N3O4S. The van der Waals surface area contributed by atoms with Gasteiger partial charge in [0.1, 0.15) is 11.5 Å². The lowest BCUT2D eigenvalue weighted by atomic mass is 10.1. The second-order valence-corrected chi connectivity index (χ2v) is 7.77. The van der Waals surface area contributed by atoms with E-state index in [1.807, 2.05) is 25.1 Å². The van der Waals surface area contributed by atoms with E-state index in [9.17, 15) is 9.59 Å². The molecule has 0 unspecified atom stereocenters. The van der Waals surface area contributed by atoms with Gasteiger partial charge in [-0.05, 0) is 56.3 Å². The summed E-state index contributed by atoms with van der Waals surface area (Å²) in [5, 5.41) is 6.18. The molecule has 0 fully saturated rings. The monoisotopic (exact) mass is 409 g/mol. The minimum absolute atomic E-state index is 0.183. The Labute approximate surface area is 171 Å². The van der Waals surface area contributed by atoms with Crippen molar-refractivity contribution in [1.29, 1.82) is 0 Å². The van der Waals surface area contributed by atoms with Crippen molar-refractivity contribution in [2.24, 2.45) is 0 Å². The lowest BCUT2D eigenvalue weighted by Gasteiger charge is -2.23. The Hall–Kier alpha value is -3.39. The van der Waals surface area contributed by atoms with Crippen molar-refractivity contribution in [3.8, 4) is 22.8 Å². The molecule has 2 N–H and O–H groups in total. The molecule has 0 spiro atoms. The molecule has 29 heavy (non-hydrogen) atoms. The number of ether oxygens (including phenoxy) is 2. The highest BCUT2D eigenvalue weighted by atomic mass is 32.1. The number of methoxy groups -OCH3 is 1. The zero-order valence-corrected chi connectivity index (χ0v) is 16.9. The Morgan fingerprint density at radius 3 is 2.72 bits per heavy atom. The van der Waals surface area contributed by atoms with Gasteiger partial charge in [0.2, 0.25) is 0 Å². The lowest BCUT2D eigenvalue weighted by Crippen LogP contribution is -2.34. The third-order valence-electron chi connectivity index (χ3n) is 4.55. The summed E-state index contributed by atoms with van der Waals surface area (Å²) in [4.78, 5) is 29.9. The van der Waals surface area contributed by atoms with E-state index in [2.05, 4.69) is 15.6 Å². The summed E-state index contributed by atoms with van der Waals surface area (Å²) >= 11 is 1.39. The van der Waals surface area contributed by atoms with Crippen molar-refractivity contribution < 1.29 is 19.1 Å². The maximum Gasteiger partial charge on any atom is 0.265 e. The predicted molar refractivity (Wildman–Crippen MR) is 112 cm³/mol. The molecule has 0 bridgehead atoms. The van der Waals surface area contributed by atoms with Crippen LogP contribution < -0.4 is 20.1 Å². The second kappa shape index (κ2) is 7.56. The van der Waals surface area contributed by atoms with Gasteiger partial charge in [0.25, 0.3) is 11.8 Å². The fourth-order valence-electron chi connectivity index (χ4n) is 2.99. The van der Waals surface area contributed by atoms with Gasteiger partial charge < -0.3 is 14.8 Å². The van der Waals surface area contributed by atoms with Gasteiger partial charge in [-0.3, -0.25) is 14.9 Å². The van der Waals surface area contributed by atoms with Crippen LogP contribution in [0.5, 0.6) is 11.5 Å². The Morgan fingerprint density at radius 2 is 2.00 bits per heavy atom. The fourth-order valence-corrected chi connectivity index (χ4v) is 3.82. The van der Waals surface area contributed by atoms with Crippen LogP contribution in [0, 0.1) is 6.92 Å². The van der Waals surface area contributed by atoms with Crippen LogP contribution in [0.15, 0.2) is 42.5 Å². The first kappa shape index (κ1) is 18.9. The molecule has 0 saturated heterocycles. The van der Waals surface area contributed by atoms with Crippen molar-refractivity contribution >= 4 is 34.0 Å². The van der Waals surface area contributed by atoms with Gasteiger partial charge in [0.15, 0.2) is 11.2 Å². The third-order valence-corrected chi connectivity index (χ3v) is 5.44. The van der Waals surface area contributed by atoms with Crippen LogP contribution in [-0.4, -0.2) is 30.0 Å². The number of thiazole rings is 1. The molecule has 1 aliphatic rings. The smallest absolute Gasteiger partial charge is 0.265 e. The molecule has 7 nitrogen and oxygen atoms in total. The SMILES string of the molecule is COc1ccc(C(=O)Nc2nc(-c3ccc4c(c3)NC(=O)[C@H](C)O4)c(C)s2)cc1. The Bertz CT molecular complexity index is 1090. The van der Waals surface area contributed by atoms with Gasteiger partial charge >= 0.3 is 0 Å². The van der Waals surface area contributed by atoms with Gasteiger partial charge in [-0.2, -0.15) is 0 Å². The molecule has 0 aliphatic carbocycles. The van der Waals surface area contributed by atoms with E-state index >= 15 is 0 Å². The standard InChI is InChI=1S/C21H19N3O4S/c1-11-19(25)22-16-10-14(6-9-17(16)28-11)18-12(2)29-21(23-18)24-20(26)13-4-7-15(27-3)8-5-13/h4-11H,1-3H3,(H,22,25)(H,23,24,26)/t11-/m0/s1. The molecular weight excluding hydrogens is 390 g/mol. The number of carbonyl (C=O) groups excluding carboxylic acids is 2. The van der Waals surface area contributed by atoms with Gasteiger partial charge in [-0.1, -0.05) is 0 Å². The van der Waals surface area contributed by atoms with Crippen LogP contribution in [0.3, 0.4) is 0 Å². The molecule has 2 amide bonds. The minimum Gasteiger partial charge on any atom is -0.497 e. The van der Waals surface area contributed by atoms with Crippen molar-refractivity contribution in [1.82, 2.24) is 4.98 Å². The first-order chi connectivity index (χ1) is 13.9. The molecule has 148 valence electrons. The largest absolute Gasteiger partial charge is 0.497 e. The van der Waals surface area contributed by atoms with Crippen molar-refractivity contribution in [2.45, 2.75) is 20.0 Å². The fraction of sp³-hybridized carbons (Fsp3) is 0.190. The topological polar surface area (TPSA) is 89.5 Å². The van der Waals surface area contributed by atoms with Gasteiger partial charge in [0.05, 0.1) is 18.5 Å². The van der Waals surface area contributed by atoms with Crippen LogP contribution in [0.4, 0.5) is 10.8 Å². The number of aromatic nitrogens is 1. The first-order valence-corrected chi connectivity index (χ1v) is 9.81. The van der Waals surface area contributed by atoms with E-state index in [1.165, 1.54) is 11.3 Å². The predicted octanol–water partition coefficient (Wildman–Crippen LogP) is 4.10. The number of hydrogen-bond donors (Lipinski definition) is 2. The zero-order chi connectivity index (χ0) is 20.5. The maximum absolute atomic E-state index is 12.5. The van der Waals surface area contributed by atoms with E-state index in [0.29, 0.717) is 27.9 Å². The number of carbonyl (C=O) groups is 2. The molecule has 0 radical (unpaired) electrons. The molecule has 1 atom stereocenters. The summed E-state index contributed by atoms with van der Waals surface area (Å²) in [6.07, 6.45) is -0.519. The maximum atomic E-state index is 12.5. The number of fused-ring (bicyclic) bond motifs is 1. The highest BCUT2D eigenvalue weighted by Gasteiger charge is 2.24. The third kappa shape index (κ3) is 3.79. The number of benzene rings is 2. The highest BCUT2D eigenvalue weighted by Crippen LogP contribution is 2.37. The summed E-state index contributed by atoms with van der Waals surface area (Å²) in [5.41, 5.74) is 2.71. The molecule has 1 aliphatic heterocycles. The van der Waals surface area contributed by atoms with E-state index in [4.69, 9.17) is 9.47 Å². The van der Waals surface area contributed by atoms with Crippen LogP contribution in [0.2, 0.25) is 0 Å². The molecule has 2 aromatic carbocycles. The Balaban J connectivity index is 1.56. The quantitative estimate of drug-likeness (QED) is 0.677. The second-order valence-electron chi connectivity index (χ2n) is 6.57. The van der Waals surface area contributed by atoms with E-state index in [-0.39, 0.29) is 11.8 Å². The first-order valence-electron chi connectivity index (χ1n) is 8.99. The highest BCUT2D eigenvalue weighted by molar-refractivity contribution is 7.16. The Morgan fingerprint density at radius 1 is 1.24 bits per heavy atom. The number of anilines is 2. The Kier molecular flexibility index (Phi) is 4.94. The van der Waals surface area contributed by atoms with Crippen molar-refractivity contribution in [2.75, 3.05) is 17.7 Å². The summed E-state index contributed by atoms with van der Waals surface area (Å²) in [6.45, 7) is 3.64. The summed E-state index contributed by atoms with van der Waals surface area (Å²) in [5.74, 6) is 0.888. The number of rotatable bonds is 4. The summed E-state index contributed by atoms with van der Waals surface area (Å²) in [6, 6.07) is 12.4. The molecule has 8 heteroatoms. The summed E-state index contributed by atoms with van der Waals surface area (Å²) < 4.78 is 10.7. The molecule has 2 heterocycles. The van der Waals surface area contributed by atoms with E-state index < -0.39 is 6.10 Å². The summed E-state index contributed by atoms with van der Waals surface area (Å²) in [7, 11) is 1.58.